The van der Waals surface area contributed by atoms with Crippen molar-refractivity contribution in [3.63, 3.8) is 0 Å². The van der Waals surface area contributed by atoms with E-state index in [0.29, 0.717) is 17.6 Å². The quantitative estimate of drug-likeness (QED) is 0.281. The molecule has 0 bridgehead atoms. The minimum atomic E-state index is -0.103. The third kappa shape index (κ3) is 4.11. The summed E-state index contributed by atoms with van der Waals surface area (Å²) in [5.41, 5.74) is 3.53. The van der Waals surface area contributed by atoms with Crippen molar-refractivity contribution in [2.24, 2.45) is 0 Å². The molecule has 6 heteroatoms. The van der Waals surface area contributed by atoms with E-state index in [9.17, 15) is 9.59 Å². The molecule has 0 unspecified atom stereocenters. The van der Waals surface area contributed by atoms with Crippen LogP contribution >= 0.6 is 23.0 Å². The van der Waals surface area contributed by atoms with Crippen molar-refractivity contribution in [1.82, 2.24) is 5.48 Å². The van der Waals surface area contributed by atoms with Crippen molar-refractivity contribution in [3.8, 4) is 0 Å². The molecule has 4 nitrogen and oxygen atoms in total. The first kappa shape index (κ1) is 12.3. The maximum absolute atomic E-state index is 11.5. The van der Waals surface area contributed by atoms with Crippen LogP contribution in [0, 0.1) is 0 Å². The maximum Gasteiger partial charge on any atom is 0.228 e. The highest BCUT2D eigenvalue weighted by Crippen LogP contribution is 2.02. The summed E-state index contributed by atoms with van der Waals surface area (Å²) < 4.78 is 4.55. The van der Waals surface area contributed by atoms with E-state index in [2.05, 4.69) is 8.65 Å². The molecule has 15 heavy (non-hydrogen) atoms. The molecule has 1 aromatic rings. The number of benzene rings is 1. The summed E-state index contributed by atoms with van der Waals surface area (Å²) in [6.45, 7) is 0. The molecule has 0 atom stereocenters. The van der Waals surface area contributed by atoms with E-state index in [4.69, 9.17) is 0 Å². The Morgan fingerprint density at radius 2 is 2.13 bits per heavy atom. The molecule has 1 N–H and O–H groups in total. The van der Waals surface area contributed by atoms with Gasteiger partial charge in [-0.25, -0.2) is 3.17 Å². The molecule has 0 amide bonds. The Labute approximate surface area is 102 Å². The predicted octanol–water partition coefficient (Wildman–Crippen LogP) is 1.17. The average molecular weight is 316 g/mol. The third-order valence-corrected chi connectivity index (χ3v) is 2.07. The molecule has 1 aromatic carbocycles. The second kappa shape index (κ2) is 6.70. The van der Waals surface area contributed by atoms with Gasteiger partial charge in [0.15, 0.2) is 0 Å². The number of rotatable bonds is 6. The van der Waals surface area contributed by atoms with Gasteiger partial charge in [-0.2, -0.15) is 5.48 Å². The summed E-state index contributed by atoms with van der Waals surface area (Å²) in [5.74, 6) is 0. The standard InChI is InChI=1S/C9H8BINO3/c11-15-12-6-10-9(14)8-3-1-7(5-13)2-4-8/h1-5,12H,6H2. The highest BCUT2D eigenvalue weighted by molar-refractivity contribution is 14.1. The molecule has 0 heterocycles. The fraction of sp³-hybridized carbons (Fsp3) is 0.111. The van der Waals surface area contributed by atoms with Gasteiger partial charge in [-0.05, 0) is 0 Å². The lowest BCUT2D eigenvalue weighted by Gasteiger charge is -2.00. The van der Waals surface area contributed by atoms with Crippen molar-refractivity contribution in [1.29, 1.82) is 0 Å². The van der Waals surface area contributed by atoms with Crippen molar-refractivity contribution in [2.75, 3.05) is 6.44 Å². The van der Waals surface area contributed by atoms with Crippen LogP contribution in [-0.2, 0) is 3.17 Å². The third-order valence-electron chi connectivity index (χ3n) is 1.76. The minimum absolute atomic E-state index is 0.103. The molecular formula is C9H8BINO3. The van der Waals surface area contributed by atoms with Crippen LogP contribution in [0.15, 0.2) is 24.3 Å². The Balaban J connectivity index is 2.54. The van der Waals surface area contributed by atoms with Crippen LogP contribution in [0.5, 0.6) is 0 Å². The largest absolute Gasteiger partial charge is 0.307 e. The smallest absolute Gasteiger partial charge is 0.228 e. The van der Waals surface area contributed by atoms with Crippen LogP contribution < -0.4 is 5.48 Å². The van der Waals surface area contributed by atoms with Gasteiger partial charge in [0, 0.05) is 17.6 Å². The molecule has 0 aliphatic carbocycles. The Hall–Kier alpha value is -0.725. The van der Waals surface area contributed by atoms with Crippen LogP contribution in [0.1, 0.15) is 20.7 Å². The van der Waals surface area contributed by atoms with Gasteiger partial charge in [0.1, 0.15) is 35.0 Å². The Bertz CT molecular complexity index is 342. The van der Waals surface area contributed by atoms with Crippen LogP contribution in [0.2, 0.25) is 0 Å². The van der Waals surface area contributed by atoms with Gasteiger partial charge >= 0.3 is 0 Å². The second-order valence-corrected chi connectivity index (χ2v) is 3.17. The number of carbonyl (C=O) groups excluding carboxylic acids is 2. The molecule has 0 aliphatic rings. The molecule has 1 rings (SSSR count). The number of halogens is 1. The van der Waals surface area contributed by atoms with Gasteiger partial charge in [0.25, 0.3) is 0 Å². The average Bonchev–Trinajstić information content (AvgIpc) is 2.29. The van der Waals surface area contributed by atoms with Crippen molar-refractivity contribution in [2.45, 2.75) is 0 Å². The van der Waals surface area contributed by atoms with Gasteiger partial charge in [0.05, 0.1) is 0 Å². The summed E-state index contributed by atoms with van der Waals surface area (Å²) in [7, 11) is 1.47. The Morgan fingerprint density at radius 1 is 1.47 bits per heavy atom. The fourth-order valence-electron chi connectivity index (χ4n) is 1.01. The minimum Gasteiger partial charge on any atom is -0.307 e. The fourth-order valence-corrected chi connectivity index (χ4v) is 1.19. The highest BCUT2D eigenvalue weighted by Gasteiger charge is 2.06. The molecular weight excluding hydrogens is 308 g/mol. The molecule has 1 radical (unpaired) electrons. The predicted molar refractivity (Wildman–Crippen MR) is 65.0 cm³/mol. The summed E-state index contributed by atoms with van der Waals surface area (Å²) in [4.78, 5) is 21.9. The van der Waals surface area contributed by atoms with Gasteiger partial charge in [0.2, 0.25) is 7.28 Å². The lowest BCUT2D eigenvalue weighted by atomic mass is 9.70. The van der Waals surface area contributed by atoms with E-state index in [1.165, 1.54) is 7.28 Å². The summed E-state index contributed by atoms with van der Waals surface area (Å²) in [6.07, 6.45) is 1.08. The van der Waals surface area contributed by atoms with E-state index in [0.717, 1.165) is 6.29 Å². The monoisotopic (exact) mass is 316 g/mol. The molecule has 0 saturated carbocycles. The number of nitrogens with one attached hydrogen (secondary N) is 1. The molecule has 77 valence electrons. The Morgan fingerprint density at radius 3 is 2.67 bits per heavy atom. The molecule has 0 fully saturated rings. The van der Waals surface area contributed by atoms with E-state index >= 15 is 0 Å². The summed E-state index contributed by atoms with van der Waals surface area (Å²) in [6, 6.07) is 6.45. The summed E-state index contributed by atoms with van der Waals surface area (Å²) >= 11 is 1.68. The van der Waals surface area contributed by atoms with Crippen molar-refractivity contribution >= 4 is 42.3 Å². The zero-order valence-electron chi connectivity index (χ0n) is 7.77. The molecule has 0 aromatic heterocycles. The normalized spacial score (nSPS) is 9.67. The van der Waals surface area contributed by atoms with Crippen molar-refractivity contribution in [3.05, 3.63) is 35.4 Å². The number of hydrogen-bond acceptors (Lipinski definition) is 4. The number of hydrogen-bond donors (Lipinski definition) is 1. The lowest BCUT2D eigenvalue weighted by Crippen LogP contribution is -2.23. The first-order valence-corrected chi connectivity index (χ1v) is 5.09. The van der Waals surface area contributed by atoms with E-state index in [1.807, 2.05) is 0 Å². The molecule has 0 saturated heterocycles. The van der Waals surface area contributed by atoms with Crippen LogP contribution in [0.25, 0.3) is 0 Å². The van der Waals surface area contributed by atoms with Gasteiger partial charge in [-0.1, -0.05) is 24.3 Å². The second-order valence-electron chi connectivity index (χ2n) is 2.73. The SMILES string of the molecule is O=Cc1ccc(C(=O)[B]CNOI)cc1. The number of hydroxylamine groups is 1. The summed E-state index contributed by atoms with van der Waals surface area (Å²) in [5, 5.41) is 0. The first-order chi connectivity index (χ1) is 7.27. The van der Waals surface area contributed by atoms with Gasteiger partial charge in [-0.3, -0.25) is 4.79 Å². The highest BCUT2D eigenvalue weighted by atomic mass is 127. The topological polar surface area (TPSA) is 55.4 Å². The van der Waals surface area contributed by atoms with Gasteiger partial charge in [-0.15, -0.1) is 0 Å². The van der Waals surface area contributed by atoms with Crippen LogP contribution in [0.3, 0.4) is 0 Å². The molecule has 0 aliphatic heterocycles. The van der Waals surface area contributed by atoms with E-state index in [-0.39, 0.29) is 5.68 Å². The lowest BCUT2D eigenvalue weighted by molar-refractivity contribution is 0.107. The van der Waals surface area contributed by atoms with Crippen LogP contribution in [0.4, 0.5) is 0 Å². The van der Waals surface area contributed by atoms with Crippen LogP contribution in [-0.4, -0.2) is 25.7 Å². The van der Waals surface area contributed by atoms with E-state index in [1.54, 1.807) is 47.3 Å². The van der Waals surface area contributed by atoms with E-state index < -0.39 is 0 Å². The number of carbonyl (C=O) groups is 2. The number of aldehydes is 1. The maximum atomic E-state index is 11.5. The molecule has 0 spiro atoms. The van der Waals surface area contributed by atoms with Crippen molar-refractivity contribution < 1.29 is 12.8 Å². The zero-order valence-corrected chi connectivity index (χ0v) is 9.93. The van der Waals surface area contributed by atoms with Gasteiger partial charge < -0.3 is 4.79 Å². The zero-order chi connectivity index (χ0) is 11.1. The first-order valence-electron chi connectivity index (χ1n) is 4.21. The Kier molecular flexibility index (Phi) is 5.52.